The summed E-state index contributed by atoms with van der Waals surface area (Å²) in [5, 5.41) is 14.9. The summed E-state index contributed by atoms with van der Waals surface area (Å²) in [6.45, 7) is 11.8. The molecule has 0 bridgehead atoms. The normalized spacial score (nSPS) is 11.2. The number of thioether (sulfide) groups is 1. The first kappa shape index (κ1) is 25.9. The second-order valence-electron chi connectivity index (χ2n) is 8.95. The molecule has 0 saturated heterocycles. The van der Waals surface area contributed by atoms with Crippen molar-refractivity contribution in [2.24, 2.45) is 5.92 Å². The molecule has 4 aromatic rings. The summed E-state index contributed by atoms with van der Waals surface area (Å²) < 4.78 is 7.79. The molecular weight excluding hydrogens is 490 g/mol. The van der Waals surface area contributed by atoms with E-state index in [1.807, 2.05) is 41.1 Å². The van der Waals surface area contributed by atoms with Crippen LogP contribution < -0.4 is 10.1 Å². The van der Waals surface area contributed by atoms with Gasteiger partial charge >= 0.3 is 0 Å². The van der Waals surface area contributed by atoms with Crippen LogP contribution >= 0.6 is 23.1 Å². The Morgan fingerprint density at radius 1 is 1.08 bits per heavy atom. The van der Waals surface area contributed by atoms with Crippen LogP contribution in [0, 0.1) is 19.8 Å². The van der Waals surface area contributed by atoms with E-state index in [1.54, 1.807) is 0 Å². The van der Waals surface area contributed by atoms with Crippen molar-refractivity contribution in [3.05, 3.63) is 59.0 Å². The zero-order chi connectivity index (χ0) is 25.7. The van der Waals surface area contributed by atoms with Crippen LogP contribution in [0.15, 0.2) is 53.0 Å². The molecule has 2 aromatic heterocycles. The number of aromatic nitrogens is 4. The lowest BCUT2D eigenvalue weighted by Crippen LogP contribution is -2.14. The summed E-state index contributed by atoms with van der Waals surface area (Å²) >= 11 is 2.79. The van der Waals surface area contributed by atoms with Crippen LogP contribution in [0.4, 0.5) is 5.13 Å². The molecule has 0 radical (unpaired) electrons. The number of rotatable bonds is 10. The third kappa shape index (κ3) is 6.33. The van der Waals surface area contributed by atoms with Crippen molar-refractivity contribution in [3.63, 3.8) is 0 Å². The fraction of sp³-hybridized carbons (Fsp3) is 0.333. The molecule has 0 fully saturated rings. The quantitative estimate of drug-likeness (QED) is 0.241. The first-order valence-electron chi connectivity index (χ1n) is 12.0. The first-order valence-corrected chi connectivity index (χ1v) is 13.8. The van der Waals surface area contributed by atoms with Crippen molar-refractivity contribution >= 4 is 34.1 Å². The van der Waals surface area contributed by atoms with E-state index in [9.17, 15) is 4.79 Å². The number of nitrogens with one attached hydrogen (secondary N) is 1. The Kier molecular flexibility index (Phi) is 8.43. The summed E-state index contributed by atoms with van der Waals surface area (Å²) in [6.07, 6.45) is 0. The largest absolute Gasteiger partial charge is 0.493 e. The number of hydrogen-bond donors (Lipinski definition) is 1. The van der Waals surface area contributed by atoms with Crippen molar-refractivity contribution in [1.29, 1.82) is 0 Å². The molecule has 0 spiro atoms. The van der Waals surface area contributed by atoms with E-state index in [0.717, 1.165) is 28.4 Å². The molecule has 0 aliphatic heterocycles. The fourth-order valence-corrected chi connectivity index (χ4v) is 5.05. The summed E-state index contributed by atoms with van der Waals surface area (Å²) in [5.41, 5.74) is 5.33. The SMILES string of the molecule is CCn1c(SCC(=O)Nc2nc(-c3ccc(C)c(C)c3)cs2)nnc1-c1ccc(OCC(C)C)cc1. The smallest absolute Gasteiger partial charge is 0.236 e. The predicted molar refractivity (Wildman–Crippen MR) is 148 cm³/mol. The van der Waals surface area contributed by atoms with Gasteiger partial charge in [-0.2, -0.15) is 0 Å². The van der Waals surface area contributed by atoms with Gasteiger partial charge in [-0.15, -0.1) is 21.5 Å². The van der Waals surface area contributed by atoms with Gasteiger partial charge in [0.15, 0.2) is 16.1 Å². The maximum atomic E-state index is 12.6. The number of anilines is 1. The van der Waals surface area contributed by atoms with Gasteiger partial charge in [0.1, 0.15) is 5.75 Å². The summed E-state index contributed by atoms with van der Waals surface area (Å²) in [6, 6.07) is 14.1. The highest BCUT2D eigenvalue weighted by Crippen LogP contribution is 2.28. The van der Waals surface area contributed by atoms with Gasteiger partial charge < -0.3 is 14.6 Å². The lowest BCUT2D eigenvalue weighted by molar-refractivity contribution is -0.113. The Labute approximate surface area is 220 Å². The number of thiazole rings is 1. The number of amides is 1. The van der Waals surface area contributed by atoms with Gasteiger partial charge in [0, 0.05) is 23.1 Å². The molecule has 0 aliphatic rings. The van der Waals surface area contributed by atoms with Crippen molar-refractivity contribution < 1.29 is 9.53 Å². The lowest BCUT2D eigenvalue weighted by atomic mass is 10.1. The van der Waals surface area contributed by atoms with Crippen LogP contribution in [-0.4, -0.2) is 38.0 Å². The molecule has 0 aliphatic carbocycles. The molecule has 0 atom stereocenters. The molecular formula is C27H31N5O2S2. The van der Waals surface area contributed by atoms with Crippen molar-refractivity contribution in [1.82, 2.24) is 19.7 Å². The Morgan fingerprint density at radius 2 is 1.83 bits per heavy atom. The van der Waals surface area contributed by atoms with Gasteiger partial charge in [0.05, 0.1) is 18.1 Å². The highest BCUT2D eigenvalue weighted by molar-refractivity contribution is 7.99. The Bertz CT molecular complexity index is 1330. The minimum Gasteiger partial charge on any atom is -0.493 e. The lowest BCUT2D eigenvalue weighted by Gasteiger charge is -2.10. The maximum absolute atomic E-state index is 12.6. The highest BCUT2D eigenvalue weighted by Gasteiger charge is 2.16. The number of carbonyl (C=O) groups excluding carboxylic acids is 1. The van der Waals surface area contributed by atoms with Crippen LogP contribution in [-0.2, 0) is 11.3 Å². The number of aryl methyl sites for hydroxylation is 2. The van der Waals surface area contributed by atoms with Crippen molar-refractivity contribution in [2.75, 3.05) is 17.7 Å². The van der Waals surface area contributed by atoms with Gasteiger partial charge in [-0.05, 0) is 68.1 Å². The third-order valence-electron chi connectivity index (χ3n) is 5.61. The van der Waals surface area contributed by atoms with Crippen LogP contribution in [0.1, 0.15) is 31.9 Å². The van der Waals surface area contributed by atoms with E-state index < -0.39 is 0 Å². The third-order valence-corrected chi connectivity index (χ3v) is 7.34. The minimum atomic E-state index is -0.125. The molecule has 2 aromatic carbocycles. The molecule has 188 valence electrons. The van der Waals surface area contributed by atoms with Gasteiger partial charge in [-0.25, -0.2) is 4.98 Å². The maximum Gasteiger partial charge on any atom is 0.236 e. The number of hydrogen-bond acceptors (Lipinski definition) is 7. The summed E-state index contributed by atoms with van der Waals surface area (Å²) in [7, 11) is 0. The Balaban J connectivity index is 1.37. The highest BCUT2D eigenvalue weighted by atomic mass is 32.2. The fourth-order valence-electron chi connectivity index (χ4n) is 3.51. The van der Waals surface area contributed by atoms with E-state index in [1.165, 1.54) is 34.2 Å². The molecule has 7 nitrogen and oxygen atoms in total. The molecule has 0 saturated carbocycles. The average molecular weight is 522 g/mol. The molecule has 0 unspecified atom stereocenters. The van der Waals surface area contributed by atoms with Gasteiger partial charge in [0.2, 0.25) is 5.91 Å². The van der Waals surface area contributed by atoms with Crippen molar-refractivity contribution in [3.8, 4) is 28.4 Å². The summed E-state index contributed by atoms with van der Waals surface area (Å²) in [5.74, 6) is 2.18. The van der Waals surface area contributed by atoms with E-state index >= 15 is 0 Å². The Morgan fingerprint density at radius 3 is 2.53 bits per heavy atom. The Hall–Kier alpha value is -3.17. The van der Waals surface area contributed by atoms with Gasteiger partial charge in [0.25, 0.3) is 0 Å². The standard InChI is InChI=1S/C27H31N5O2S2/c1-6-32-25(20-9-11-22(12-10-20)34-14-17(2)3)30-31-27(32)36-16-24(33)29-26-28-23(15-35-26)21-8-7-18(4)19(5)13-21/h7-13,15,17H,6,14,16H2,1-5H3,(H,28,29,33). The average Bonchev–Trinajstić information content (AvgIpc) is 3.50. The first-order chi connectivity index (χ1) is 17.3. The van der Waals surface area contributed by atoms with Crippen molar-refractivity contribution in [2.45, 2.75) is 46.3 Å². The van der Waals surface area contributed by atoms with E-state index in [4.69, 9.17) is 4.74 Å². The number of benzene rings is 2. The van der Waals surface area contributed by atoms with E-state index in [0.29, 0.717) is 29.4 Å². The van der Waals surface area contributed by atoms with E-state index in [2.05, 4.69) is 66.4 Å². The van der Waals surface area contributed by atoms with Crippen LogP contribution in [0.25, 0.3) is 22.6 Å². The zero-order valence-corrected chi connectivity index (χ0v) is 22.9. The predicted octanol–water partition coefficient (Wildman–Crippen LogP) is 6.47. The number of nitrogens with zero attached hydrogens (tertiary/aromatic N) is 4. The van der Waals surface area contributed by atoms with E-state index in [-0.39, 0.29) is 11.7 Å². The summed E-state index contributed by atoms with van der Waals surface area (Å²) in [4.78, 5) is 17.2. The molecule has 1 amide bonds. The monoisotopic (exact) mass is 521 g/mol. The molecule has 1 N–H and O–H groups in total. The second kappa shape index (κ2) is 11.7. The van der Waals surface area contributed by atoms with Crippen LogP contribution in [0.5, 0.6) is 5.75 Å². The number of carbonyl (C=O) groups is 1. The minimum absolute atomic E-state index is 0.125. The van der Waals surface area contributed by atoms with Crippen LogP contribution in [0.2, 0.25) is 0 Å². The van der Waals surface area contributed by atoms with Crippen LogP contribution in [0.3, 0.4) is 0 Å². The molecule has 36 heavy (non-hydrogen) atoms. The second-order valence-corrected chi connectivity index (χ2v) is 10.8. The van der Waals surface area contributed by atoms with Gasteiger partial charge in [-0.3, -0.25) is 4.79 Å². The number of ether oxygens (including phenoxy) is 1. The topological polar surface area (TPSA) is 81.9 Å². The molecule has 9 heteroatoms. The van der Waals surface area contributed by atoms with Gasteiger partial charge in [-0.1, -0.05) is 37.7 Å². The molecule has 2 heterocycles. The zero-order valence-electron chi connectivity index (χ0n) is 21.2. The molecule has 4 rings (SSSR count).